The first-order chi connectivity index (χ1) is 13.9. The molecule has 1 fully saturated rings. The van der Waals surface area contributed by atoms with Gasteiger partial charge in [0.1, 0.15) is 12.6 Å². The number of allylic oxidation sites excluding steroid dienone is 1. The van der Waals surface area contributed by atoms with Crippen molar-refractivity contribution in [1.29, 1.82) is 0 Å². The third-order valence-electron chi connectivity index (χ3n) is 5.77. The molecule has 1 aliphatic rings. The van der Waals surface area contributed by atoms with E-state index < -0.39 is 8.07 Å². The van der Waals surface area contributed by atoms with Crippen LogP contribution < -0.4 is 0 Å². The minimum atomic E-state index is -1.09. The van der Waals surface area contributed by atoms with Gasteiger partial charge < -0.3 is 14.0 Å². The number of nitrogens with zero attached hydrogens (tertiary/aromatic N) is 5. The molecule has 0 saturated heterocycles. The average Bonchev–Trinajstić information content (AvgIpc) is 3.34. The lowest BCUT2D eigenvalue weighted by Gasteiger charge is -2.15. The SMILES string of the molecule is CO/C=C1\C[C@@H](C)[C@@H](c2nnc3cnc4c(ccn4COCC[Si](C)(C)C)n23)C1. The van der Waals surface area contributed by atoms with Crippen molar-refractivity contribution in [2.75, 3.05) is 13.7 Å². The molecule has 1 aliphatic carbocycles. The summed E-state index contributed by atoms with van der Waals surface area (Å²) in [7, 11) is 0.624. The quantitative estimate of drug-likeness (QED) is 0.325. The number of methoxy groups -OCH3 is 1. The fourth-order valence-electron chi connectivity index (χ4n) is 4.14. The van der Waals surface area contributed by atoms with Crippen molar-refractivity contribution < 1.29 is 9.47 Å². The van der Waals surface area contributed by atoms with Crippen LogP contribution in [-0.4, -0.2) is 45.9 Å². The fraction of sp³-hybridized carbons (Fsp3) is 0.571. The van der Waals surface area contributed by atoms with E-state index in [4.69, 9.17) is 9.47 Å². The van der Waals surface area contributed by atoms with Crippen molar-refractivity contribution in [2.45, 2.75) is 58.1 Å². The lowest BCUT2D eigenvalue weighted by Crippen LogP contribution is -2.22. The average molecular weight is 414 g/mol. The Morgan fingerprint density at radius 1 is 1.24 bits per heavy atom. The molecule has 0 spiro atoms. The summed E-state index contributed by atoms with van der Waals surface area (Å²) in [4.78, 5) is 4.64. The Morgan fingerprint density at radius 3 is 2.83 bits per heavy atom. The molecule has 8 heteroatoms. The van der Waals surface area contributed by atoms with E-state index in [1.165, 1.54) is 5.57 Å². The van der Waals surface area contributed by atoms with Gasteiger partial charge in [0.25, 0.3) is 0 Å². The third kappa shape index (κ3) is 4.09. The van der Waals surface area contributed by atoms with Gasteiger partial charge >= 0.3 is 0 Å². The predicted molar refractivity (Wildman–Crippen MR) is 117 cm³/mol. The van der Waals surface area contributed by atoms with Crippen molar-refractivity contribution in [3.8, 4) is 0 Å². The van der Waals surface area contributed by atoms with Crippen LogP contribution in [0.3, 0.4) is 0 Å². The summed E-state index contributed by atoms with van der Waals surface area (Å²) in [5.74, 6) is 1.84. The molecule has 0 bridgehead atoms. The minimum Gasteiger partial charge on any atom is -0.504 e. The van der Waals surface area contributed by atoms with Crippen LogP contribution in [0.2, 0.25) is 25.7 Å². The van der Waals surface area contributed by atoms with Gasteiger partial charge in [-0.15, -0.1) is 10.2 Å². The molecule has 0 radical (unpaired) electrons. The second-order valence-corrected chi connectivity index (χ2v) is 15.0. The zero-order valence-corrected chi connectivity index (χ0v) is 19.1. The van der Waals surface area contributed by atoms with Crippen LogP contribution in [0.4, 0.5) is 0 Å². The zero-order valence-electron chi connectivity index (χ0n) is 18.1. The lowest BCUT2D eigenvalue weighted by molar-refractivity contribution is 0.0899. The standard InChI is InChI=1S/C21H31N5O2Si/c1-15-10-16(13-27-2)11-17(15)20-24-23-19-12-22-21-18(26(19)20)6-7-25(21)14-28-8-9-29(3,4)5/h6-7,12-13,15,17H,8-11,14H2,1-5H3/b16-13+/t15-,17+/m1/s1. The molecule has 0 N–H and O–H groups in total. The van der Waals surface area contributed by atoms with Crippen LogP contribution >= 0.6 is 0 Å². The fourth-order valence-corrected chi connectivity index (χ4v) is 4.90. The Kier molecular flexibility index (Phi) is 5.48. The molecule has 0 amide bonds. The maximum absolute atomic E-state index is 5.94. The molecule has 156 valence electrons. The molecule has 2 atom stereocenters. The van der Waals surface area contributed by atoms with Gasteiger partial charge in [0, 0.05) is 26.8 Å². The summed E-state index contributed by atoms with van der Waals surface area (Å²) in [6.45, 7) is 10.7. The summed E-state index contributed by atoms with van der Waals surface area (Å²) in [6.07, 6.45) is 7.73. The van der Waals surface area contributed by atoms with Gasteiger partial charge in [0.2, 0.25) is 0 Å². The maximum Gasteiger partial charge on any atom is 0.179 e. The molecule has 0 unspecified atom stereocenters. The second kappa shape index (κ2) is 7.91. The highest BCUT2D eigenvalue weighted by Crippen LogP contribution is 2.42. The third-order valence-corrected chi connectivity index (χ3v) is 7.47. The van der Waals surface area contributed by atoms with Gasteiger partial charge in [0.05, 0.1) is 25.1 Å². The Hall–Kier alpha value is -2.19. The highest BCUT2D eigenvalue weighted by molar-refractivity contribution is 6.76. The van der Waals surface area contributed by atoms with Crippen molar-refractivity contribution in [3.05, 3.63) is 36.1 Å². The Labute approximate surface area is 172 Å². The molecule has 0 aliphatic heterocycles. The van der Waals surface area contributed by atoms with Crippen molar-refractivity contribution in [3.63, 3.8) is 0 Å². The Balaban J connectivity index is 1.62. The van der Waals surface area contributed by atoms with E-state index in [9.17, 15) is 0 Å². The molecule has 7 nitrogen and oxygen atoms in total. The first-order valence-corrected chi connectivity index (χ1v) is 14.1. The summed E-state index contributed by atoms with van der Waals surface area (Å²) >= 11 is 0. The van der Waals surface area contributed by atoms with Crippen molar-refractivity contribution in [2.24, 2.45) is 5.92 Å². The largest absolute Gasteiger partial charge is 0.504 e. The summed E-state index contributed by atoms with van der Waals surface area (Å²) < 4.78 is 15.4. The lowest BCUT2D eigenvalue weighted by atomic mass is 9.97. The van der Waals surface area contributed by atoms with Gasteiger partial charge in [-0.05, 0) is 36.4 Å². The molecule has 1 saturated carbocycles. The van der Waals surface area contributed by atoms with E-state index in [2.05, 4.69) is 56.8 Å². The van der Waals surface area contributed by atoms with Gasteiger partial charge in [-0.2, -0.15) is 0 Å². The van der Waals surface area contributed by atoms with Crippen LogP contribution in [0, 0.1) is 5.92 Å². The summed E-state index contributed by atoms with van der Waals surface area (Å²) in [6, 6.07) is 3.26. The van der Waals surface area contributed by atoms with Gasteiger partial charge in [-0.1, -0.05) is 26.6 Å². The number of fused-ring (bicyclic) bond motifs is 3. The van der Waals surface area contributed by atoms with E-state index in [1.54, 1.807) is 7.11 Å². The zero-order chi connectivity index (χ0) is 20.6. The van der Waals surface area contributed by atoms with Crippen molar-refractivity contribution in [1.82, 2.24) is 24.1 Å². The monoisotopic (exact) mass is 413 g/mol. The second-order valence-electron chi connectivity index (χ2n) is 9.36. The van der Waals surface area contributed by atoms with E-state index in [0.29, 0.717) is 18.6 Å². The number of ether oxygens (including phenoxy) is 2. The number of aromatic nitrogens is 5. The number of hydrogen-bond acceptors (Lipinski definition) is 5. The first-order valence-electron chi connectivity index (χ1n) is 10.3. The topological polar surface area (TPSA) is 66.5 Å². The highest BCUT2D eigenvalue weighted by atomic mass is 28.3. The molecule has 0 aromatic carbocycles. The van der Waals surface area contributed by atoms with Gasteiger partial charge in [0.15, 0.2) is 11.3 Å². The van der Waals surface area contributed by atoms with E-state index in [-0.39, 0.29) is 0 Å². The Morgan fingerprint density at radius 2 is 2.07 bits per heavy atom. The van der Waals surface area contributed by atoms with Crippen LogP contribution in [0.15, 0.2) is 30.3 Å². The van der Waals surface area contributed by atoms with Crippen LogP contribution in [0.1, 0.15) is 31.5 Å². The highest BCUT2D eigenvalue weighted by Gasteiger charge is 2.32. The van der Waals surface area contributed by atoms with Crippen LogP contribution in [0.5, 0.6) is 0 Å². The van der Waals surface area contributed by atoms with Gasteiger partial charge in [-0.3, -0.25) is 4.40 Å². The van der Waals surface area contributed by atoms with Crippen LogP contribution in [-0.2, 0) is 16.2 Å². The molecular formula is C21H31N5O2Si. The van der Waals surface area contributed by atoms with E-state index in [1.807, 2.05) is 18.7 Å². The Bertz CT molecular complexity index is 1030. The number of hydrogen-bond donors (Lipinski definition) is 0. The molecular weight excluding hydrogens is 382 g/mol. The maximum atomic E-state index is 5.94. The molecule has 3 aromatic rings. The molecule has 29 heavy (non-hydrogen) atoms. The molecule has 3 aromatic heterocycles. The van der Waals surface area contributed by atoms with E-state index >= 15 is 0 Å². The normalized spacial score (nSPS) is 21.6. The molecule has 4 rings (SSSR count). The predicted octanol–water partition coefficient (Wildman–Crippen LogP) is 4.44. The minimum absolute atomic E-state index is 0.327. The van der Waals surface area contributed by atoms with E-state index in [0.717, 1.165) is 48.1 Å². The summed E-state index contributed by atoms with van der Waals surface area (Å²) in [5, 5.41) is 8.95. The van der Waals surface area contributed by atoms with Crippen molar-refractivity contribution >= 4 is 24.9 Å². The summed E-state index contributed by atoms with van der Waals surface area (Å²) in [5.41, 5.74) is 4.07. The number of rotatable bonds is 7. The van der Waals surface area contributed by atoms with Gasteiger partial charge in [-0.25, -0.2) is 4.98 Å². The molecule has 3 heterocycles. The first kappa shape index (κ1) is 20.1. The van der Waals surface area contributed by atoms with Crippen LogP contribution in [0.25, 0.3) is 16.8 Å². The smallest absolute Gasteiger partial charge is 0.179 e.